The Morgan fingerprint density at radius 1 is 1.07 bits per heavy atom. The molecule has 0 bridgehead atoms. The Hall–Kier alpha value is -3.81. The van der Waals surface area contributed by atoms with E-state index in [2.05, 4.69) is 15.3 Å². The van der Waals surface area contributed by atoms with Gasteiger partial charge in [0.25, 0.3) is 11.8 Å². The molecule has 28 heavy (non-hydrogen) atoms. The lowest BCUT2D eigenvalue weighted by atomic mass is 10.0. The average molecular weight is 377 g/mol. The zero-order valence-corrected chi connectivity index (χ0v) is 15.2. The summed E-state index contributed by atoms with van der Waals surface area (Å²) in [7, 11) is 1.66. The molecule has 3 N–H and O–H groups in total. The molecule has 8 heteroatoms. The number of carbonyl (C=O) groups excluding carboxylic acids is 3. The van der Waals surface area contributed by atoms with Crippen LogP contribution in [0.15, 0.2) is 61.1 Å². The third-order valence-electron chi connectivity index (χ3n) is 4.21. The molecule has 0 saturated heterocycles. The van der Waals surface area contributed by atoms with Gasteiger partial charge in [-0.15, -0.1) is 0 Å². The predicted octanol–water partition coefficient (Wildman–Crippen LogP) is 0.878. The second-order valence-electron chi connectivity index (χ2n) is 6.21. The Labute approximate surface area is 161 Å². The van der Waals surface area contributed by atoms with Crippen LogP contribution >= 0.6 is 0 Å². The van der Waals surface area contributed by atoms with Crippen LogP contribution < -0.4 is 11.1 Å². The summed E-state index contributed by atoms with van der Waals surface area (Å²) in [5.74, 6) is -2.51. The molecule has 0 aliphatic carbocycles. The highest BCUT2D eigenvalue weighted by atomic mass is 16.2. The van der Waals surface area contributed by atoms with Crippen molar-refractivity contribution in [3.63, 3.8) is 0 Å². The molecule has 142 valence electrons. The highest BCUT2D eigenvalue weighted by molar-refractivity contribution is 6.38. The molecule has 2 heterocycles. The summed E-state index contributed by atoms with van der Waals surface area (Å²) in [6.45, 7) is 0. The van der Waals surface area contributed by atoms with Crippen LogP contribution in [0, 0.1) is 0 Å². The third kappa shape index (κ3) is 4.12. The van der Waals surface area contributed by atoms with E-state index in [9.17, 15) is 14.4 Å². The highest BCUT2D eigenvalue weighted by Crippen LogP contribution is 2.19. The molecule has 1 unspecified atom stereocenters. The Bertz CT molecular complexity index is 999. The van der Waals surface area contributed by atoms with Crippen molar-refractivity contribution in [3.05, 3.63) is 72.3 Å². The number of primary amides is 1. The van der Waals surface area contributed by atoms with E-state index in [1.54, 1.807) is 43.6 Å². The van der Waals surface area contributed by atoms with E-state index in [-0.39, 0.29) is 12.1 Å². The Kier molecular flexibility index (Phi) is 5.59. The van der Waals surface area contributed by atoms with Crippen molar-refractivity contribution in [2.24, 2.45) is 12.8 Å². The molecule has 0 aliphatic rings. The van der Waals surface area contributed by atoms with Crippen molar-refractivity contribution in [1.82, 2.24) is 19.9 Å². The summed E-state index contributed by atoms with van der Waals surface area (Å²) in [5, 5.41) is 2.62. The number of nitrogens with one attached hydrogen (secondary N) is 1. The van der Waals surface area contributed by atoms with Gasteiger partial charge in [-0.1, -0.05) is 36.4 Å². The number of ketones is 1. The number of hydrogen-bond donors (Lipinski definition) is 2. The van der Waals surface area contributed by atoms with E-state index in [0.717, 1.165) is 5.56 Å². The summed E-state index contributed by atoms with van der Waals surface area (Å²) in [4.78, 5) is 45.1. The average Bonchev–Trinajstić information content (AvgIpc) is 3.10. The fraction of sp³-hybridized carbons (Fsp3) is 0.150. The highest BCUT2D eigenvalue weighted by Gasteiger charge is 2.28. The molecule has 2 aromatic heterocycles. The summed E-state index contributed by atoms with van der Waals surface area (Å²) >= 11 is 0. The number of nitrogens with two attached hydrogens (primary N) is 1. The molecule has 0 aliphatic heterocycles. The van der Waals surface area contributed by atoms with Crippen LogP contribution in [0.3, 0.4) is 0 Å². The number of amides is 2. The van der Waals surface area contributed by atoms with Crippen molar-refractivity contribution in [1.29, 1.82) is 0 Å². The summed E-state index contributed by atoms with van der Waals surface area (Å²) in [6.07, 6.45) is 3.23. The molecule has 0 saturated carbocycles. The number of Topliss-reactive ketones (excluding diaryl/α,β-unsaturated/α-hetero) is 1. The van der Waals surface area contributed by atoms with Gasteiger partial charge in [-0.3, -0.25) is 19.4 Å². The summed E-state index contributed by atoms with van der Waals surface area (Å²) in [6, 6.07) is 13.2. The largest absolute Gasteiger partial charge is 0.363 e. The standard InChI is InChI=1S/C20H19N5O3/c1-25-12-23-16(14-9-5-6-10-22-14)17(25)20(28)24-15(18(26)19(21)27)11-13-7-3-2-4-8-13/h2-10,12,15H,11H2,1H3,(H2,21,27)(H,24,28). The lowest BCUT2D eigenvalue weighted by molar-refractivity contribution is -0.137. The lowest BCUT2D eigenvalue weighted by Crippen LogP contribution is -2.47. The van der Waals surface area contributed by atoms with Gasteiger partial charge in [-0.05, 0) is 17.7 Å². The summed E-state index contributed by atoms with van der Waals surface area (Å²) < 4.78 is 1.54. The molecule has 2 amide bonds. The van der Waals surface area contributed by atoms with E-state index in [1.165, 1.54) is 10.9 Å². The second-order valence-corrected chi connectivity index (χ2v) is 6.21. The molecule has 0 radical (unpaired) electrons. The quantitative estimate of drug-likeness (QED) is 0.592. The van der Waals surface area contributed by atoms with Gasteiger partial charge in [0.1, 0.15) is 17.4 Å². The van der Waals surface area contributed by atoms with Crippen LogP contribution in [-0.4, -0.2) is 38.2 Å². The molecule has 3 rings (SSSR count). The van der Waals surface area contributed by atoms with Gasteiger partial charge in [0.2, 0.25) is 5.78 Å². The maximum absolute atomic E-state index is 12.9. The predicted molar refractivity (Wildman–Crippen MR) is 102 cm³/mol. The SMILES string of the molecule is Cn1cnc(-c2ccccn2)c1C(=O)NC(Cc1ccccc1)C(=O)C(N)=O. The monoisotopic (exact) mass is 377 g/mol. The van der Waals surface area contributed by atoms with Crippen molar-refractivity contribution in [3.8, 4) is 11.4 Å². The molecule has 0 fully saturated rings. The number of pyridine rings is 1. The third-order valence-corrected chi connectivity index (χ3v) is 4.21. The molecule has 1 atom stereocenters. The number of aryl methyl sites for hydroxylation is 1. The number of hydrogen-bond acceptors (Lipinski definition) is 5. The van der Waals surface area contributed by atoms with Crippen molar-refractivity contribution >= 4 is 17.6 Å². The normalized spacial score (nSPS) is 11.6. The van der Waals surface area contributed by atoms with Crippen LogP contribution in [0.5, 0.6) is 0 Å². The number of benzene rings is 1. The van der Waals surface area contributed by atoms with Crippen LogP contribution in [0.25, 0.3) is 11.4 Å². The van der Waals surface area contributed by atoms with Gasteiger partial charge in [0, 0.05) is 19.7 Å². The van der Waals surface area contributed by atoms with Gasteiger partial charge in [-0.2, -0.15) is 0 Å². The summed E-state index contributed by atoms with van der Waals surface area (Å²) in [5.41, 5.74) is 7.09. The number of imidazole rings is 1. The molecule has 8 nitrogen and oxygen atoms in total. The Balaban J connectivity index is 1.89. The molecular formula is C20H19N5O3. The molecule has 3 aromatic rings. The number of rotatable bonds is 7. The van der Waals surface area contributed by atoms with E-state index < -0.39 is 23.6 Å². The molecule has 1 aromatic carbocycles. The molecule has 0 spiro atoms. The van der Waals surface area contributed by atoms with Crippen LogP contribution in [0.4, 0.5) is 0 Å². The minimum absolute atomic E-state index is 0.144. The molecular weight excluding hydrogens is 358 g/mol. The maximum Gasteiger partial charge on any atom is 0.287 e. The van der Waals surface area contributed by atoms with Gasteiger partial charge < -0.3 is 15.6 Å². The maximum atomic E-state index is 12.9. The van der Waals surface area contributed by atoms with E-state index in [0.29, 0.717) is 11.4 Å². The lowest BCUT2D eigenvalue weighted by Gasteiger charge is -2.17. The van der Waals surface area contributed by atoms with Crippen LogP contribution in [0.2, 0.25) is 0 Å². The fourth-order valence-corrected chi connectivity index (χ4v) is 2.85. The van der Waals surface area contributed by atoms with Crippen molar-refractivity contribution < 1.29 is 14.4 Å². The topological polar surface area (TPSA) is 120 Å². The minimum atomic E-state index is -1.10. The first-order chi connectivity index (χ1) is 13.5. The second kappa shape index (κ2) is 8.26. The Morgan fingerprint density at radius 3 is 2.43 bits per heavy atom. The van der Waals surface area contributed by atoms with Gasteiger partial charge in [-0.25, -0.2) is 4.98 Å². The number of nitrogens with zero attached hydrogens (tertiary/aromatic N) is 3. The minimum Gasteiger partial charge on any atom is -0.363 e. The van der Waals surface area contributed by atoms with E-state index in [4.69, 9.17) is 5.73 Å². The fourth-order valence-electron chi connectivity index (χ4n) is 2.85. The van der Waals surface area contributed by atoms with Gasteiger partial charge in [0.15, 0.2) is 0 Å². The first kappa shape index (κ1) is 19.0. The number of aromatic nitrogens is 3. The van der Waals surface area contributed by atoms with Gasteiger partial charge >= 0.3 is 0 Å². The first-order valence-corrected chi connectivity index (χ1v) is 8.58. The number of carbonyl (C=O) groups is 3. The van der Waals surface area contributed by atoms with Crippen molar-refractivity contribution in [2.45, 2.75) is 12.5 Å². The smallest absolute Gasteiger partial charge is 0.287 e. The zero-order valence-electron chi connectivity index (χ0n) is 15.2. The zero-order chi connectivity index (χ0) is 20.1. The van der Waals surface area contributed by atoms with E-state index in [1.807, 2.05) is 18.2 Å². The first-order valence-electron chi connectivity index (χ1n) is 8.58. The van der Waals surface area contributed by atoms with Gasteiger partial charge in [0.05, 0.1) is 12.0 Å². The van der Waals surface area contributed by atoms with Crippen molar-refractivity contribution in [2.75, 3.05) is 0 Å². The van der Waals surface area contributed by atoms with E-state index >= 15 is 0 Å². The van der Waals surface area contributed by atoms with Crippen LogP contribution in [-0.2, 0) is 23.1 Å². The Morgan fingerprint density at radius 2 is 1.79 bits per heavy atom. The van der Waals surface area contributed by atoms with Crippen LogP contribution in [0.1, 0.15) is 16.1 Å².